The summed E-state index contributed by atoms with van der Waals surface area (Å²) in [6.45, 7) is 4.84. The standard InChI is InChI=1S/C25H25FN6O2S/c1-14-8-30(21-5-2-15(7-27)23-24(21)35-13-28-23)12-22-18-4-3-17(6-16(18)9-32(14)22)29-20-11-31(25(33)34)10-19(20)26/h2-6,13-14,19-20,22,29H,8-12H2,1H3,(H,33,34)/t14-,19-,20+,22-/m1/s1. The Bertz CT molecular complexity index is 1360. The molecule has 3 aromatic rings. The lowest BCUT2D eigenvalue weighted by Crippen LogP contribution is -2.51. The van der Waals surface area contributed by atoms with Crippen LogP contribution in [0.5, 0.6) is 0 Å². The number of nitrogens with one attached hydrogen (secondary N) is 1. The summed E-state index contributed by atoms with van der Waals surface area (Å²) in [6, 6.07) is 12.4. The molecular weight excluding hydrogens is 467 g/mol. The van der Waals surface area contributed by atoms with E-state index in [4.69, 9.17) is 5.11 Å². The number of fused-ring (bicyclic) bond motifs is 4. The maximum atomic E-state index is 14.4. The van der Waals surface area contributed by atoms with E-state index in [0.29, 0.717) is 11.6 Å². The molecule has 0 unspecified atom stereocenters. The van der Waals surface area contributed by atoms with Crippen molar-refractivity contribution in [2.24, 2.45) is 0 Å². The number of thiazole rings is 1. The van der Waals surface area contributed by atoms with Gasteiger partial charge in [0.25, 0.3) is 0 Å². The Kier molecular flexibility index (Phi) is 5.27. The van der Waals surface area contributed by atoms with E-state index in [9.17, 15) is 14.4 Å². The summed E-state index contributed by atoms with van der Waals surface area (Å²) in [7, 11) is 0. The fourth-order valence-electron chi connectivity index (χ4n) is 5.76. The number of amides is 1. The van der Waals surface area contributed by atoms with Gasteiger partial charge in [-0.15, -0.1) is 11.3 Å². The van der Waals surface area contributed by atoms with Crippen LogP contribution in [0.3, 0.4) is 0 Å². The molecule has 0 aliphatic carbocycles. The molecule has 0 radical (unpaired) electrons. The molecule has 1 amide bonds. The molecule has 180 valence electrons. The van der Waals surface area contributed by atoms with Crippen LogP contribution in [0.25, 0.3) is 10.2 Å². The molecule has 2 saturated heterocycles. The summed E-state index contributed by atoms with van der Waals surface area (Å²) < 4.78 is 15.4. The van der Waals surface area contributed by atoms with Crippen LogP contribution in [0.15, 0.2) is 35.8 Å². The van der Waals surface area contributed by atoms with E-state index in [0.717, 1.165) is 46.1 Å². The van der Waals surface area contributed by atoms with Gasteiger partial charge in [-0.2, -0.15) is 5.26 Å². The smallest absolute Gasteiger partial charge is 0.407 e. The Hall–Kier alpha value is -3.42. The lowest BCUT2D eigenvalue weighted by atomic mass is 10.0. The van der Waals surface area contributed by atoms with E-state index in [-0.39, 0.29) is 19.1 Å². The number of rotatable bonds is 3. The molecule has 4 heterocycles. The van der Waals surface area contributed by atoms with Crippen LogP contribution in [0, 0.1) is 11.3 Å². The van der Waals surface area contributed by atoms with Crippen LogP contribution >= 0.6 is 11.3 Å². The lowest BCUT2D eigenvalue weighted by Gasteiger charge is -2.43. The molecule has 0 saturated carbocycles. The third-order valence-corrected chi connectivity index (χ3v) is 8.34. The van der Waals surface area contributed by atoms with Crippen LogP contribution < -0.4 is 10.2 Å². The first kappa shape index (κ1) is 22.1. The van der Waals surface area contributed by atoms with Crippen LogP contribution in [0.1, 0.15) is 29.7 Å². The number of piperazine rings is 1. The van der Waals surface area contributed by atoms with Crippen molar-refractivity contribution in [1.29, 1.82) is 5.26 Å². The van der Waals surface area contributed by atoms with Crippen molar-refractivity contribution >= 4 is 39.0 Å². The minimum absolute atomic E-state index is 0.0937. The van der Waals surface area contributed by atoms with E-state index in [1.54, 1.807) is 16.8 Å². The number of carboxylic acid groups (broad SMARTS) is 1. The third-order valence-electron chi connectivity index (χ3n) is 7.49. The van der Waals surface area contributed by atoms with Crippen molar-refractivity contribution in [3.63, 3.8) is 0 Å². The van der Waals surface area contributed by atoms with Gasteiger partial charge in [-0.25, -0.2) is 14.2 Å². The Morgan fingerprint density at radius 1 is 1.26 bits per heavy atom. The van der Waals surface area contributed by atoms with Crippen molar-refractivity contribution in [2.75, 3.05) is 36.4 Å². The predicted molar refractivity (Wildman–Crippen MR) is 133 cm³/mol. The number of nitriles is 1. The van der Waals surface area contributed by atoms with Crippen LogP contribution in [-0.4, -0.2) is 70.4 Å². The highest BCUT2D eigenvalue weighted by atomic mass is 32.1. The Balaban J connectivity index is 1.24. The largest absolute Gasteiger partial charge is 0.465 e. The molecule has 3 aliphatic heterocycles. The molecular formula is C25H25FN6O2S. The number of benzene rings is 2. The van der Waals surface area contributed by atoms with E-state index in [1.165, 1.54) is 11.1 Å². The van der Waals surface area contributed by atoms with Crippen LogP contribution in [0.2, 0.25) is 0 Å². The molecule has 0 spiro atoms. The highest BCUT2D eigenvalue weighted by Gasteiger charge is 2.40. The minimum atomic E-state index is -1.23. The zero-order chi connectivity index (χ0) is 24.3. The molecule has 4 atom stereocenters. The van der Waals surface area contributed by atoms with Crippen LogP contribution in [-0.2, 0) is 6.54 Å². The quantitative estimate of drug-likeness (QED) is 0.570. The van der Waals surface area contributed by atoms with Gasteiger partial charge in [0.1, 0.15) is 17.8 Å². The van der Waals surface area contributed by atoms with Crippen molar-refractivity contribution in [2.45, 2.75) is 37.8 Å². The third kappa shape index (κ3) is 3.66. The molecule has 6 rings (SSSR count). The summed E-state index contributed by atoms with van der Waals surface area (Å²) in [5.74, 6) is 0. The molecule has 10 heteroatoms. The zero-order valence-corrected chi connectivity index (χ0v) is 20.0. The molecule has 35 heavy (non-hydrogen) atoms. The monoisotopic (exact) mass is 492 g/mol. The molecule has 1 aromatic heterocycles. The van der Waals surface area contributed by atoms with Gasteiger partial charge in [-0.3, -0.25) is 4.90 Å². The van der Waals surface area contributed by atoms with Gasteiger partial charge in [0, 0.05) is 37.9 Å². The average Bonchev–Trinajstić information content (AvgIpc) is 3.56. The number of hydrogen-bond acceptors (Lipinski definition) is 7. The highest BCUT2D eigenvalue weighted by Crippen LogP contribution is 2.42. The van der Waals surface area contributed by atoms with E-state index >= 15 is 0 Å². The maximum Gasteiger partial charge on any atom is 0.407 e. The topological polar surface area (TPSA) is 95.7 Å². The number of anilines is 2. The Labute approximate surface area is 206 Å². The predicted octanol–water partition coefficient (Wildman–Crippen LogP) is 4.05. The second kappa shape index (κ2) is 8.36. The van der Waals surface area contributed by atoms with Crippen molar-refractivity contribution in [3.8, 4) is 6.07 Å². The van der Waals surface area contributed by atoms with Crippen molar-refractivity contribution in [1.82, 2.24) is 14.8 Å². The number of nitrogens with zero attached hydrogens (tertiary/aromatic N) is 5. The minimum Gasteiger partial charge on any atom is -0.465 e. The number of alkyl halides is 1. The van der Waals surface area contributed by atoms with Crippen molar-refractivity contribution in [3.05, 3.63) is 52.5 Å². The van der Waals surface area contributed by atoms with Gasteiger partial charge < -0.3 is 20.2 Å². The summed E-state index contributed by atoms with van der Waals surface area (Å²) in [5, 5.41) is 21.8. The molecule has 2 N–H and O–H groups in total. The van der Waals surface area contributed by atoms with Gasteiger partial charge in [-0.1, -0.05) is 6.07 Å². The molecule has 8 nitrogen and oxygen atoms in total. The summed E-state index contributed by atoms with van der Waals surface area (Å²) in [6.07, 6.45) is -2.31. The summed E-state index contributed by atoms with van der Waals surface area (Å²) >= 11 is 1.57. The van der Waals surface area contributed by atoms with Gasteiger partial charge in [0.15, 0.2) is 0 Å². The van der Waals surface area contributed by atoms with Gasteiger partial charge in [0.2, 0.25) is 0 Å². The van der Waals surface area contributed by atoms with Crippen LogP contribution in [0.4, 0.5) is 20.6 Å². The van der Waals surface area contributed by atoms with Gasteiger partial charge >= 0.3 is 6.09 Å². The first-order valence-electron chi connectivity index (χ1n) is 11.7. The number of carbonyl (C=O) groups is 1. The van der Waals surface area contributed by atoms with E-state index < -0.39 is 18.3 Å². The van der Waals surface area contributed by atoms with Crippen molar-refractivity contribution < 1.29 is 14.3 Å². The fraction of sp³-hybridized carbons (Fsp3) is 0.400. The fourth-order valence-corrected chi connectivity index (χ4v) is 6.62. The number of halogens is 1. The number of aromatic nitrogens is 1. The average molecular weight is 493 g/mol. The van der Waals surface area contributed by atoms with E-state index in [1.807, 2.05) is 18.2 Å². The zero-order valence-electron chi connectivity index (χ0n) is 19.2. The SMILES string of the molecule is C[C@@H]1CN(c2ccc(C#N)c3ncsc23)C[C@@H]2c3ccc(N[C@H]4CN(C(=O)O)C[C@H]4F)cc3CN12. The molecule has 0 bridgehead atoms. The van der Waals surface area contributed by atoms with E-state index in [2.05, 4.69) is 45.2 Å². The molecule has 3 aliphatic rings. The Morgan fingerprint density at radius 2 is 2.11 bits per heavy atom. The number of hydrogen-bond donors (Lipinski definition) is 2. The highest BCUT2D eigenvalue weighted by molar-refractivity contribution is 7.17. The summed E-state index contributed by atoms with van der Waals surface area (Å²) in [5.41, 5.74) is 7.62. The lowest BCUT2D eigenvalue weighted by molar-refractivity contribution is 0.134. The van der Waals surface area contributed by atoms with Gasteiger partial charge in [-0.05, 0) is 42.3 Å². The summed E-state index contributed by atoms with van der Waals surface area (Å²) in [4.78, 5) is 21.7. The molecule has 2 fully saturated rings. The second-order valence-electron chi connectivity index (χ2n) is 9.58. The first-order chi connectivity index (χ1) is 16.9. The maximum absolute atomic E-state index is 14.4. The molecule has 2 aromatic carbocycles. The normalized spacial score (nSPS) is 26.0. The number of likely N-dealkylation sites (tertiary alicyclic amines) is 1. The first-order valence-corrected chi connectivity index (χ1v) is 12.6. The Morgan fingerprint density at radius 3 is 2.89 bits per heavy atom. The van der Waals surface area contributed by atoms with Gasteiger partial charge in [0.05, 0.1) is 40.1 Å². The second-order valence-corrected chi connectivity index (χ2v) is 10.4.